The van der Waals surface area contributed by atoms with Gasteiger partial charge in [0, 0.05) is 31.9 Å². The zero-order valence-electron chi connectivity index (χ0n) is 12.4. The van der Waals surface area contributed by atoms with E-state index < -0.39 is 0 Å². The summed E-state index contributed by atoms with van der Waals surface area (Å²) in [5, 5.41) is 7.41. The fraction of sp³-hybridized carbons (Fsp3) is 0.714. The van der Waals surface area contributed by atoms with Crippen LogP contribution < -0.4 is 5.32 Å². The van der Waals surface area contributed by atoms with Gasteiger partial charge in [0.05, 0.1) is 11.3 Å². The van der Waals surface area contributed by atoms with E-state index in [-0.39, 0.29) is 11.4 Å². The number of carbonyl (C=O) groups excluding carboxylic acids is 1. The Hall–Kier alpha value is -1.36. The fourth-order valence-corrected chi connectivity index (χ4v) is 2.65. The van der Waals surface area contributed by atoms with Crippen LogP contribution in [0, 0.1) is 6.92 Å². The molecule has 1 saturated heterocycles. The molecule has 0 bridgehead atoms. The lowest BCUT2D eigenvalue weighted by Gasteiger charge is -2.39. The molecule has 1 aromatic rings. The summed E-state index contributed by atoms with van der Waals surface area (Å²) >= 11 is 0. The highest BCUT2D eigenvalue weighted by molar-refractivity contribution is 5.95. The standard InChI is InChI=1S/C14H24N4O/c1-5-18-8-6-14(3,7-9-18)15-13(19)12-10-17(4)16-11(12)2/h10H,5-9H2,1-4H3,(H,15,19). The number of likely N-dealkylation sites (tertiary alicyclic amines) is 1. The van der Waals surface area contributed by atoms with E-state index >= 15 is 0 Å². The first-order valence-corrected chi connectivity index (χ1v) is 6.98. The van der Waals surface area contributed by atoms with Gasteiger partial charge in [0.15, 0.2) is 0 Å². The van der Waals surface area contributed by atoms with E-state index in [0.29, 0.717) is 5.56 Å². The molecule has 5 heteroatoms. The summed E-state index contributed by atoms with van der Waals surface area (Å²) in [6.07, 6.45) is 3.80. The summed E-state index contributed by atoms with van der Waals surface area (Å²) in [5.74, 6) is -0.00181. The number of aromatic nitrogens is 2. The van der Waals surface area contributed by atoms with Gasteiger partial charge in [-0.15, -0.1) is 0 Å². The zero-order valence-corrected chi connectivity index (χ0v) is 12.4. The van der Waals surface area contributed by atoms with Crippen molar-refractivity contribution in [1.29, 1.82) is 0 Å². The number of piperidine rings is 1. The largest absolute Gasteiger partial charge is 0.347 e. The SMILES string of the molecule is CCN1CCC(C)(NC(=O)c2cn(C)nc2C)CC1. The van der Waals surface area contributed by atoms with Gasteiger partial charge in [0.2, 0.25) is 0 Å². The van der Waals surface area contributed by atoms with Crippen LogP contribution in [0.4, 0.5) is 0 Å². The van der Waals surface area contributed by atoms with E-state index in [1.807, 2.05) is 14.0 Å². The van der Waals surface area contributed by atoms with Gasteiger partial charge in [-0.3, -0.25) is 9.48 Å². The third-order valence-electron chi connectivity index (χ3n) is 4.08. The molecule has 0 unspecified atom stereocenters. The average molecular weight is 264 g/mol. The van der Waals surface area contributed by atoms with Gasteiger partial charge in [-0.1, -0.05) is 6.92 Å². The Kier molecular flexibility index (Phi) is 3.94. The van der Waals surface area contributed by atoms with Crippen molar-refractivity contribution in [3.05, 3.63) is 17.5 Å². The summed E-state index contributed by atoms with van der Waals surface area (Å²) in [7, 11) is 1.84. The molecule has 0 atom stereocenters. The van der Waals surface area contributed by atoms with Crippen molar-refractivity contribution in [2.75, 3.05) is 19.6 Å². The Morgan fingerprint density at radius 2 is 2.11 bits per heavy atom. The third kappa shape index (κ3) is 3.15. The molecule has 1 fully saturated rings. The summed E-state index contributed by atoms with van der Waals surface area (Å²) in [5.41, 5.74) is 1.38. The lowest BCUT2D eigenvalue weighted by molar-refractivity contribution is 0.0838. The zero-order chi connectivity index (χ0) is 14.0. The molecule has 0 saturated carbocycles. The molecule has 1 aromatic heterocycles. The van der Waals surface area contributed by atoms with Gasteiger partial charge < -0.3 is 10.2 Å². The van der Waals surface area contributed by atoms with Crippen LogP contribution in [-0.4, -0.2) is 45.8 Å². The van der Waals surface area contributed by atoms with Crippen molar-refractivity contribution in [2.45, 2.75) is 39.2 Å². The molecule has 2 rings (SSSR count). The lowest BCUT2D eigenvalue weighted by Crippen LogP contribution is -2.53. The molecule has 2 heterocycles. The van der Waals surface area contributed by atoms with Crippen molar-refractivity contribution in [3.63, 3.8) is 0 Å². The van der Waals surface area contributed by atoms with Crippen LogP contribution in [-0.2, 0) is 7.05 Å². The molecule has 1 aliphatic rings. The van der Waals surface area contributed by atoms with Crippen molar-refractivity contribution >= 4 is 5.91 Å². The third-order valence-corrected chi connectivity index (χ3v) is 4.08. The molecule has 0 aliphatic carbocycles. The van der Waals surface area contributed by atoms with E-state index in [9.17, 15) is 4.79 Å². The summed E-state index contributed by atoms with van der Waals surface area (Å²) in [6, 6.07) is 0. The molecule has 0 radical (unpaired) electrons. The Morgan fingerprint density at radius 1 is 1.47 bits per heavy atom. The number of rotatable bonds is 3. The van der Waals surface area contributed by atoms with Gasteiger partial charge in [-0.05, 0) is 33.2 Å². The maximum atomic E-state index is 12.3. The molecular weight excluding hydrogens is 240 g/mol. The topological polar surface area (TPSA) is 50.2 Å². The minimum absolute atomic E-state index is 0.00181. The molecule has 19 heavy (non-hydrogen) atoms. The molecule has 1 N–H and O–H groups in total. The number of carbonyl (C=O) groups is 1. The Labute approximate surface area is 115 Å². The first-order chi connectivity index (χ1) is 8.93. The second-order valence-corrected chi connectivity index (χ2v) is 5.75. The molecule has 106 valence electrons. The van der Waals surface area contributed by atoms with Crippen molar-refractivity contribution in [2.24, 2.45) is 7.05 Å². The predicted octanol–water partition coefficient (Wildman–Crippen LogP) is 1.33. The second-order valence-electron chi connectivity index (χ2n) is 5.75. The van der Waals surface area contributed by atoms with E-state index in [1.54, 1.807) is 10.9 Å². The minimum atomic E-state index is -0.0922. The van der Waals surface area contributed by atoms with Gasteiger partial charge in [-0.2, -0.15) is 5.10 Å². The van der Waals surface area contributed by atoms with Crippen LogP contribution in [0.5, 0.6) is 0 Å². The van der Waals surface area contributed by atoms with Crippen molar-refractivity contribution in [3.8, 4) is 0 Å². The number of hydrogen-bond donors (Lipinski definition) is 1. The summed E-state index contributed by atoms with van der Waals surface area (Å²) < 4.78 is 1.69. The molecule has 1 aliphatic heterocycles. The maximum Gasteiger partial charge on any atom is 0.255 e. The molecule has 1 amide bonds. The van der Waals surface area contributed by atoms with Crippen LogP contribution in [0.3, 0.4) is 0 Å². The van der Waals surface area contributed by atoms with Crippen LogP contribution in [0.15, 0.2) is 6.20 Å². The normalized spacial score (nSPS) is 19.4. The number of nitrogens with one attached hydrogen (secondary N) is 1. The quantitative estimate of drug-likeness (QED) is 0.896. The summed E-state index contributed by atoms with van der Waals surface area (Å²) in [6.45, 7) is 9.39. The van der Waals surface area contributed by atoms with Crippen LogP contribution >= 0.6 is 0 Å². The minimum Gasteiger partial charge on any atom is -0.347 e. The van der Waals surface area contributed by atoms with Crippen LogP contribution in [0.1, 0.15) is 42.7 Å². The van der Waals surface area contributed by atoms with Crippen molar-refractivity contribution in [1.82, 2.24) is 20.0 Å². The second kappa shape index (κ2) is 5.33. The number of nitrogens with zero attached hydrogens (tertiary/aromatic N) is 3. The number of amides is 1. The highest BCUT2D eigenvalue weighted by atomic mass is 16.1. The first kappa shape index (κ1) is 14.1. The predicted molar refractivity (Wildman–Crippen MR) is 75.2 cm³/mol. The Bertz CT molecular complexity index is 458. The summed E-state index contributed by atoms with van der Waals surface area (Å²) in [4.78, 5) is 14.7. The average Bonchev–Trinajstić information content (AvgIpc) is 2.69. The number of hydrogen-bond acceptors (Lipinski definition) is 3. The highest BCUT2D eigenvalue weighted by Gasteiger charge is 2.31. The van der Waals surface area contributed by atoms with E-state index in [2.05, 4.69) is 29.2 Å². The highest BCUT2D eigenvalue weighted by Crippen LogP contribution is 2.22. The smallest absolute Gasteiger partial charge is 0.255 e. The molecule has 0 spiro atoms. The van der Waals surface area contributed by atoms with Crippen LogP contribution in [0.25, 0.3) is 0 Å². The monoisotopic (exact) mass is 264 g/mol. The molecule has 5 nitrogen and oxygen atoms in total. The first-order valence-electron chi connectivity index (χ1n) is 6.98. The number of aryl methyl sites for hydroxylation is 2. The van der Waals surface area contributed by atoms with Gasteiger partial charge in [-0.25, -0.2) is 0 Å². The molecule has 0 aromatic carbocycles. The fourth-order valence-electron chi connectivity index (χ4n) is 2.65. The van der Waals surface area contributed by atoms with Gasteiger partial charge in [0.1, 0.15) is 0 Å². The Morgan fingerprint density at radius 3 is 2.58 bits per heavy atom. The van der Waals surface area contributed by atoms with E-state index in [0.717, 1.165) is 38.2 Å². The van der Waals surface area contributed by atoms with Gasteiger partial charge >= 0.3 is 0 Å². The molecular formula is C14H24N4O. The van der Waals surface area contributed by atoms with E-state index in [1.165, 1.54) is 0 Å². The maximum absolute atomic E-state index is 12.3. The van der Waals surface area contributed by atoms with E-state index in [4.69, 9.17) is 0 Å². The lowest BCUT2D eigenvalue weighted by atomic mass is 9.89. The Balaban J connectivity index is 2.01. The van der Waals surface area contributed by atoms with Crippen LogP contribution in [0.2, 0.25) is 0 Å². The van der Waals surface area contributed by atoms with Gasteiger partial charge in [0.25, 0.3) is 5.91 Å². The van der Waals surface area contributed by atoms with Crippen molar-refractivity contribution < 1.29 is 4.79 Å².